The fourth-order valence-electron chi connectivity index (χ4n) is 2.82. The number of aliphatic carboxylic acids is 1. The molecule has 0 saturated carbocycles. The van der Waals surface area contributed by atoms with Gasteiger partial charge in [0, 0.05) is 0 Å². The standard InChI is InChI=1S/C22H21NO6S/c1-12-5-7-16(9-13(12)2)23-20(24)19(30-22(23)27)11-15-6-8-17(18(10-15)28-4)29-14(3)21(25)26/h5-11,14H,1-4H3,(H,25,26)/b19-11+. The van der Waals surface area contributed by atoms with E-state index in [1.165, 1.54) is 14.0 Å². The van der Waals surface area contributed by atoms with Gasteiger partial charge in [0.05, 0.1) is 17.7 Å². The highest BCUT2D eigenvalue weighted by atomic mass is 32.2. The van der Waals surface area contributed by atoms with E-state index < -0.39 is 18.0 Å². The fraction of sp³-hybridized carbons (Fsp3) is 0.227. The molecule has 2 aromatic carbocycles. The predicted molar refractivity (Wildman–Crippen MR) is 115 cm³/mol. The second kappa shape index (κ2) is 8.62. The summed E-state index contributed by atoms with van der Waals surface area (Å²) in [5.74, 6) is -0.897. The lowest BCUT2D eigenvalue weighted by Crippen LogP contribution is -2.27. The summed E-state index contributed by atoms with van der Waals surface area (Å²) in [5.41, 5.74) is 3.22. The van der Waals surface area contributed by atoms with Crippen LogP contribution in [0.3, 0.4) is 0 Å². The Morgan fingerprint density at radius 3 is 2.47 bits per heavy atom. The molecule has 0 aliphatic carbocycles. The third-order valence-electron chi connectivity index (χ3n) is 4.68. The van der Waals surface area contributed by atoms with Gasteiger partial charge in [0.1, 0.15) is 0 Å². The first-order valence-corrected chi connectivity index (χ1v) is 9.95. The van der Waals surface area contributed by atoms with Gasteiger partial charge >= 0.3 is 5.97 Å². The Hall–Kier alpha value is -3.26. The summed E-state index contributed by atoms with van der Waals surface area (Å²) >= 11 is 0.862. The SMILES string of the molecule is COc1cc(/C=C2/SC(=O)N(c3ccc(C)c(C)c3)C2=O)ccc1OC(C)C(=O)O. The van der Waals surface area contributed by atoms with Crippen molar-refractivity contribution in [3.05, 3.63) is 58.0 Å². The zero-order valence-corrected chi connectivity index (χ0v) is 17.8. The van der Waals surface area contributed by atoms with Gasteiger partial charge in [-0.1, -0.05) is 12.1 Å². The minimum atomic E-state index is -1.10. The molecule has 2 amide bonds. The van der Waals surface area contributed by atoms with Crippen LogP contribution in [0.25, 0.3) is 6.08 Å². The van der Waals surface area contributed by atoms with Gasteiger partial charge in [0.2, 0.25) is 0 Å². The van der Waals surface area contributed by atoms with Crippen LogP contribution in [0.4, 0.5) is 10.5 Å². The third kappa shape index (κ3) is 4.33. The number of aryl methyl sites for hydroxylation is 2. The Balaban J connectivity index is 1.88. The molecule has 1 unspecified atom stereocenters. The summed E-state index contributed by atoms with van der Waals surface area (Å²) in [7, 11) is 1.44. The van der Waals surface area contributed by atoms with Gasteiger partial charge < -0.3 is 14.6 Å². The van der Waals surface area contributed by atoms with Crippen molar-refractivity contribution in [2.75, 3.05) is 12.0 Å². The Morgan fingerprint density at radius 1 is 1.10 bits per heavy atom. The van der Waals surface area contributed by atoms with E-state index in [1.54, 1.807) is 30.3 Å². The summed E-state index contributed by atoms with van der Waals surface area (Å²) in [5, 5.41) is 8.64. The molecular formula is C22H21NO6S. The molecule has 1 atom stereocenters. The number of carboxylic acids is 1. The number of rotatable bonds is 6. The number of hydrogen-bond donors (Lipinski definition) is 1. The van der Waals surface area contributed by atoms with Crippen LogP contribution < -0.4 is 14.4 Å². The Bertz CT molecular complexity index is 1060. The van der Waals surface area contributed by atoms with Crippen molar-refractivity contribution >= 4 is 40.6 Å². The van der Waals surface area contributed by atoms with Gasteiger partial charge in [-0.05, 0) is 79.6 Å². The fourth-order valence-corrected chi connectivity index (χ4v) is 3.66. The molecule has 1 saturated heterocycles. The maximum atomic E-state index is 12.9. The molecule has 0 aromatic heterocycles. The number of anilines is 1. The van der Waals surface area contributed by atoms with E-state index in [4.69, 9.17) is 14.6 Å². The largest absolute Gasteiger partial charge is 0.493 e. The number of amides is 2. The van der Waals surface area contributed by atoms with Gasteiger partial charge in [0.15, 0.2) is 17.6 Å². The normalized spacial score (nSPS) is 16.1. The van der Waals surface area contributed by atoms with Crippen LogP contribution in [0.5, 0.6) is 11.5 Å². The molecule has 0 spiro atoms. The monoisotopic (exact) mass is 427 g/mol. The van der Waals surface area contributed by atoms with Crippen molar-refractivity contribution in [3.8, 4) is 11.5 Å². The van der Waals surface area contributed by atoms with Crippen molar-refractivity contribution < 1.29 is 29.0 Å². The average molecular weight is 427 g/mol. The number of nitrogens with zero attached hydrogens (tertiary/aromatic N) is 1. The predicted octanol–water partition coefficient (Wildman–Crippen LogP) is 4.40. The Kier molecular flexibility index (Phi) is 6.17. The molecule has 2 aromatic rings. The Labute approximate surface area is 178 Å². The van der Waals surface area contributed by atoms with Gasteiger partial charge in [0.25, 0.3) is 11.1 Å². The van der Waals surface area contributed by atoms with Crippen LogP contribution in [0.1, 0.15) is 23.6 Å². The lowest BCUT2D eigenvalue weighted by Gasteiger charge is -2.14. The number of methoxy groups -OCH3 is 1. The van der Waals surface area contributed by atoms with E-state index in [9.17, 15) is 14.4 Å². The first-order valence-electron chi connectivity index (χ1n) is 9.14. The minimum absolute atomic E-state index is 0.271. The molecule has 1 aliphatic rings. The number of benzene rings is 2. The molecule has 1 aliphatic heterocycles. The average Bonchev–Trinajstić information content (AvgIpc) is 2.98. The highest BCUT2D eigenvalue weighted by molar-refractivity contribution is 8.19. The van der Waals surface area contributed by atoms with Crippen LogP contribution >= 0.6 is 11.8 Å². The number of thioether (sulfide) groups is 1. The first kappa shape index (κ1) is 21.4. The minimum Gasteiger partial charge on any atom is -0.493 e. The number of ether oxygens (including phenoxy) is 2. The number of hydrogen-bond acceptors (Lipinski definition) is 6. The molecule has 1 fully saturated rings. The molecule has 1 heterocycles. The quantitative estimate of drug-likeness (QED) is 0.683. The second-order valence-electron chi connectivity index (χ2n) is 6.79. The number of imide groups is 1. The number of carbonyl (C=O) groups is 3. The molecule has 0 bridgehead atoms. The van der Waals surface area contributed by atoms with Crippen LogP contribution in [0, 0.1) is 13.8 Å². The van der Waals surface area contributed by atoms with Crippen molar-refractivity contribution in [3.63, 3.8) is 0 Å². The summed E-state index contributed by atoms with van der Waals surface area (Å²) in [6, 6.07) is 10.3. The Morgan fingerprint density at radius 2 is 1.83 bits per heavy atom. The van der Waals surface area contributed by atoms with Crippen molar-refractivity contribution in [2.24, 2.45) is 0 Å². The van der Waals surface area contributed by atoms with Crippen LogP contribution in [-0.4, -0.2) is 35.4 Å². The summed E-state index contributed by atoms with van der Waals surface area (Å²) in [6.07, 6.45) is 0.554. The highest BCUT2D eigenvalue weighted by Gasteiger charge is 2.36. The molecule has 3 rings (SSSR count). The summed E-state index contributed by atoms with van der Waals surface area (Å²) in [6.45, 7) is 5.30. The van der Waals surface area contributed by atoms with Crippen LogP contribution in [-0.2, 0) is 9.59 Å². The van der Waals surface area contributed by atoms with E-state index in [0.29, 0.717) is 17.0 Å². The maximum Gasteiger partial charge on any atom is 0.344 e. The van der Waals surface area contributed by atoms with E-state index in [0.717, 1.165) is 27.8 Å². The highest BCUT2D eigenvalue weighted by Crippen LogP contribution is 2.37. The van der Waals surface area contributed by atoms with E-state index in [1.807, 2.05) is 26.0 Å². The zero-order chi connectivity index (χ0) is 22.0. The molecule has 8 heteroatoms. The molecule has 1 N–H and O–H groups in total. The van der Waals surface area contributed by atoms with E-state index >= 15 is 0 Å². The molecule has 0 radical (unpaired) electrons. The van der Waals surface area contributed by atoms with Gasteiger partial charge in [-0.2, -0.15) is 0 Å². The maximum absolute atomic E-state index is 12.9. The van der Waals surface area contributed by atoms with Gasteiger partial charge in [-0.25, -0.2) is 9.69 Å². The topological polar surface area (TPSA) is 93.1 Å². The van der Waals surface area contributed by atoms with E-state index in [2.05, 4.69) is 0 Å². The van der Waals surface area contributed by atoms with E-state index in [-0.39, 0.29) is 15.9 Å². The van der Waals surface area contributed by atoms with Crippen LogP contribution in [0.15, 0.2) is 41.3 Å². The van der Waals surface area contributed by atoms with Gasteiger partial charge in [-0.15, -0.1) is 0 Å². The lowest BCUT2D eigenvalue weighted by atomic mass is 10.1. The zero-order valence-electron chi connectivity index (χ0n) is 17.0. The van der Waals surface area contributed by atoms with Crippen molar-refractivity contribution in [1.29, 1.82) is 0 Å². The van der Waals surface area contributed by atoms with Crippen molar-refractivity contribution in [2.45, 2.75) is 26.9 Å². The first-order chi connectivity index (χ1) is 14.2. The third-order valence-corrected chi connectivity index (χ3v) is 5.55. The second-order valence-corrected chi connectivity index (χ2v) is 7.79. The summed E-state index contributed by atoms with van der Waals surface area (Å²) < 4.78 is 10.7. The molecule has 156 valence electrons. The number of carboxylic acid groups (broad SMARTS) is 1. The van der Waals surface area contributed by atoms with Gasteiger partial charge in [-0.3, -0.25) is 9.59 Å². The smallest absolute Gasteiger partial charge is 0.344 e. The molecular weight excluding hydrogens is 406 g/mol. The lowest BCUT2D eigenvalue weighted by molar-refractivity contribution is -0.144. The molecule has 30 heavy (non-hydrogen) atoms. The molecule has 7 nitrogen and oxygen atoms in total. The number of carbonyl (C=O) groups excluding carboxylic acids is 2. The van der Waals surface area contributed by atoms with Crippen LogP contribution in [0.2, 0.25) is 0 Å². The van der Waals surface area contributed by atoms with Crippen molar-refractivity contribution in [1.82, 2.24) is 0 Å². The summed E-state index contributed by atoms with van der Waals surface area (Å²) in [4.78, 5) is 37.8.